The quantitative estimate of drug-likeness (QED) is 0.491. The van der Waals surface area contributed by atoms with E-state index in [-0.39, 0.29) is 15.8 Å². The Bertz CT molecular complexity index is 1050. The summed E-state index contributed by atoms with van der Waals surface area (Å²) in [4.78, 5) is 23.6. The minimum Gasteiger partial charge on any atom is -0.269 e. The van der Waals surface area contributed by atoms with Crippen molar-refractivity contribution in [2.24, 2.45) is 0 Å². The van der Waals surface area contributed by atoms with Gasteiger partial charge in [0.15, 0.2) is 0 Å². The SMILES string of the molecule is O=C(C=Cc1ccccc1C(F)(F)F)n1c(=O)sc2cc(F)ccc21. The molecule has 0 N–H and O–H groups in total. The van der Waals surface area contributed by atoms with Gasteiger partial charge in [0.05, 0.1) is 15.8 Å². The molecule has 0 aliphatic heterocycles. The van der Waals surface area contributed by atoms with Gasteiger partial charge in [0, 0.05) is 6.08 Å². The first-order valence-corrected chi connectivity index (χ1v) is 7.79. The van der Waals surface area contributed by atoms with Gasteiger partial charge >= 0.3 is 11.0 Å². The zero-order valence-electron chi connectivity index (χ0n) is 12.4. The molecule has 0 aliphatic carbocycles. The number of thiazole rings is 1. The molecule has 0 bridgehead atoms. The highest BCUT2D eigenvalue weighted by Crippen LogP contribution is 2.32. The number of rotatable bonds is 2. The number of benzene rings is 2. The van der Waals surface area contributed by atoms with E-state index >= 15 is 0 Å². The largest absolute Gasteiger partial charge is 0.416 e. The van der Waals surface area contributed by atoms with Gasteiger partial charge in [0.1, 0.15) is 5.82 Å². The lowest BCUT2D eigenvalue weighted by molar-refractivity contribution is -0.137. The van der Waals surface area contributed by atoms with Crippen molar-refractivity contribution in [1.82, 2.24) is 4.57 Å². The minimum absolute atomic E-state index is 0.193. The Morgan fingerprint density at radius 2 is 1.84 bits per heavy atom. The molecule has 3 aromatic rings. The maximum Gasteiger partial charge on any atom is 0.416 e. The fourth-order valence-electron chi connectivity index (χ4n) is 2.34. The highest BCUT2D eigenvalue weighted by atomic mass is 32.1. The Hall–Kier alpha value is -2.74. The van der Waals surface area contributed by atoms with Crippen LogP contribution in [-0.2, 0) is 6.18 Å². The molecule has 0 aliphatic rings. The summed E-state index contributed by atoms with van der Waals surface area (Å²) in [5.74, 6) is -1.36. The first-order chi connectivity index (χ1) is 11.8. The van der Waals surface area contributed by atoms with Crippen LogP contribution in [0.15, 0.2) is 53.3 Å². The Morgan fingerprint density at radius 1 is 1.12 bits per heavy atom. The van der Waals surface area contributed by atoms with Crippen LogP contribution in [0.4, 0.5) is 17.6 Å². The third-order valence-corrected chi connectivity index (χ3v) is 4.34. The molecular weight excluding hydrogens is 358 g/mol. The van der Waals surface area contributed by atoms with E-state index in [2.05, 4.69) is 0 Å². The lowest BCUT2D eigenvalue weighted by atomic mass is 10.1. The van der Waals surface area contributed by atoms with E-state index in [0.717, 1.165) is 34.9 Å². The molecule has 3 nitrogen and oxygen atoms in total. The molecule has 8 heteroatoms. The fourth-order valence-corrected chi connectivity index (χ4v) is 3.24. The van der Waals surface area contributed by atoms with Crippen molar-refractivity contribution in [3.05, 3.63) is 75.2 Å². The summed E-state index contributed by atoms with van der Waals surface area (Å²) in [5.41, 5.74) is -0.874. The number of carbonyl (C=O) groups is 1. The molecule has 0 saturated heterocycles. The smallest absolute Gasteiger partial charge is 0.269 e. The van der Waals surface area contributed by atoms with Gasteiger partial charge in [0.2, 0.25) is 0 Å². The van der Waals surface area contributed by atoms with Crippen molar-refractivity contribution in [2.75, 3.05) is 0 Å². The summed E-state index contributed by atoms with van der Waals surface area (Å²) in [7, 11) is 0. The molecule has 0 amide bonds. The van der Waals surface area contributed by atoms with Gasteiger partial charge in [-0.05, 0) is 35.9 Å². The number of aromatic nitrogens is 1. The topological polar surface area (TPSA) is 39.1 Å². The second kappa shape index (κ2) is 6.29. The molecule has 3 rings (SSSR count). The van der Waals surface area contributed by atoms with Gasteiger partial charge in [0.25, 0.3) is 5.91 Å². The number of hydrogen-bond donors (Lipinski definition) is 0. The van der Waals surface area contributed by atoms with Crippen LogP contribution < -0.4 is 4.87 Å². The normalized spacial score (nSPS) is 12.2. The second-order valence-corrected chi connectivity index (χ2v) is 6.07. The number of halogens is 4. The van der Waals surface area contributed by atoms with Crippen LogP contribution in [0.1, 0.15) is 15.9 Å². The van der Waals surface area contributed by atoms with Crippen LogP contribution in [0, 0.1) is 5.82 Å². The van der Waals surface area contributed by atoms with Crippen LogP contribution in [0.25, 0.3) is 16.3 Å². The summed E-state index contributed by atoms with van der Waals surface area (Å²) in [6.07, 6.45) is -2.67. The van der Waals surface area contributed by atoms with Gasteiger partial charge in [-0.15, -0.1) is 0 Å². The van der Waals surface area contributed by atoms with Crippen LogP contribution in [-0.4, -0.2) is 10.5 Å². The van der Waals surface area contributed by atoms with E-state index in [1.54, 1.807) is 0 Å². The van der Waals surface area contributed by atoms with Gasteiger partial charge in [-0.3, -0.25) is 9.59 Å². The number of fused-ring (bicyclic) bond motifs is 1. The zero-order chi connectivity index (χ0) is 18.2. The average Bonchev–Trinajstić information content (AvgIpc) is 2.87. The molecule has 0 fully saturated rings. The third kappa shape index (κ3) is 3.39. The molecule has 1 aromatic heterocycles. The zero-order valence-corrected chi connectivity index (χ0v) is 13.2. The highest BCUT2D eigenvalue weighted by molar-refractivity contribution is 7.16. The van der Waals surface area contributed by atoms with Crippen molar-refractivity contribution in [2.45, 2.75) is 6.18 Å². The van der Waals surface area contributed by atoms with E-state index in [9.17, 15) is 27.2 Å². The van der Waals surface area contributed by atoms with Crippen molar-refractivity contribution in [3.63, 3.8) is 0 Å². The first-order valence-electron chi connectivity index (χ1n) is 6.97. The molecule has 1 heterocycles. The van der Waals surface area contributed by atoms with Gasteiger partial charge in [-0.25, -0.2) is 8.96 Å². The molecule has 0 radical (unpaired) electrons. The van der Waals surface area contributed by atoms with E-state index in [0.29, 0.717) is 11.3 Å². The van der Waals surface area contributed by atoms with Crippen LogP contribution >= 0.6 is 11.3 Å². The molecule has 0 atom stereocenters. The van der Waals surface area contributed by atoms with Crippen LogP contribution in [0.3, 0.4) is 0 Å². The molecule has 0 spiro atoms. The standard InChI is InChI=1S/C17H9F4NO2S/c18-11-6-7-13-14(9-11)25-16(24)22(13)15(23)8-5-10-3-1-2-4-12(10)17(19,20)21/h1-9H. The molecule has 25 heavy (non-hydrogen) atoms. The minimum atomic E-state index is -4.56. The van der Waals surface area contributed by atoms with E-state index in [1.807, 2.05) is 0 Å². The predicted molar refractivity (Wildman–Crippen MR) is 87.1 cm³/mol. The summed E-state index contributed by atoms with van der Waals surface area (Å²) < 4.78 is 53.1. The third-order valence-electron chi connectivity index (χ3n) is 3.43. The first kappa shape index (κ1) is 17.1. The highest BCUT2D eigenvalue weighted by Gasteiger charge is 2.32. The molecule has 0 saturated carbocycles. The summed E-state index contributed by atoms with van der Waals surface area (Å²) in [5, 5.41) is 0. The van der Waals surface area contributed by atoms with Gasteiger partial charge in [-0.1, -0.05) is 29.5 Å². The predicted octanol–water partition coefficient (Wildman–Crippen LogP) is 4.57. The summed E-state index contributed by atoms with van der Waals surface area (Å²) in [6, 6.07) is 8.27. The van der Waals surface area contributed by atoms with Crippen molar-refractivity contribution < 1.29 is 22.4 Å². The lowest BCUT2D eigenvalue weighted by Gasteiger charge is -2.09. The number of carbonyl (C=O) groups excluding carboxylic acids is 1. The fraction of sp³-hybridized carbons (Fsp3) is 0.0588. The number of hydrogen-bond acceptors (Lipinski definition) is 3. The Morgan fingerprint density at radius 3 is 2.56 bits per heavy atom. The Balaban J connectivity index is 2.01. The van der Waals surface area contributed by atoms with Crippen LogP contribution in [0.5, 0.6) is 0 Å². The van der Waals surface area contributed by atoms with Gasteiger partial charge < -0.3 is 0 Å². The van der Waals surface area contributed by atoms with E-state index in [4.69, 9.17) is 0 Å². The molecule has 0 unspecified atom stereocenters. The lowest BCUT2D eigenvalue weighted by Crippen LogP contribution is -2.19. The molecule has 128 valence electrons. The molecular formula is C17H9F4NO2S. The number of allylic oxidation sites excluding steroid dienone is 1. The number of nitrogens with zero attached hydrogens (tertiary/aromatic N) is 1. The second-order valence-electron chi connectivity index (χ2n) is 5.07. The molecule has 2 aromatic carbocycles. The summed E-state index contributed by atoms with van der Waals surface area (Å²) in [6.45, 7) is 0. The van der Waals surface area contributed by atoms with Crippen molar-refractivity contribution in [1.29, 1.82) is 0 Å². The monoisotopic (exact) mass is 367 g/mol. The van der Waals surface area contributed by atoms with Crippen molar-refractivity contribution >= 4 is 33.5 Å². The average molecular weight is 367 g/mol. The van der Waals surface area contributed by atoms with E-state index in [1.165, 1.54) is 24.3 Å². The van der Waals surface area contributed by atoms with E-state index < -0.39 is 28.3 Å². The maximum atomic E-state index is 13.2. The maximum absolute atomic E-state index is 13.2. The van der Waals surface area contributed by atoms with Crippen molar-refractivity contribution in [3.8, 4) is 0 Å². The summed E-state index contributed by atoms with van der Waals surface area (Å²) >= 11 is 0.683. The Labute approximate surface area is 142 Å². The van der Waals surface area contributed by atoms with Crippen LogP contribution in [0.2, 0.25) is 0 Å². The Kier molecular flexibility index (Phi) is 4.30. The van der Waals surface area contributed by atoms with Gasteiger partial charge in [-0.2, -0.15) is 13.2 Å². The number of alkyl halides is 3.